The van der Waals surface area contributed by atoms with Gasteiger partial charge in [-0.3, -0.25) is 9.69 Å². The van der Waals surface area contributed by atoms with Gasteiger partial charge in [-0.1, -0.05) is 12.1 Å². The van der Waals surface area contributed by atoms with Gasteiger partial charge in [0.05, 0.1) is 23.6 Å². The summed E-state index contributed by atoms with van der Waals surface area (Å²) in [5.41, 5.74) is 5.49. The smallest absolute Gasteiger partial charge is 0.325 e. The standard InChI is InChI=1S/C23H27N3O4S/c1-14-7-15(2)9-19(8-14)26-21-13-31(29,30)12-20(21)25(23(26)28)11-22(27)24-18-6-5-16(3)17(4)10-18/h5-10,20-21H,11-13H2,1-4H3,(H,24,27)/t20-,21-/m1/s1. The Labute approximate surface area is 183 Å². The van der Waals surface area contributed by atoms with Gasteiger partial charge in [-0.25, -0.2) is 13.2 Å². The number of fused-ring (bicyclic) bond motifs is 1. The molecule has 2 atom stereocenters. The van der Waals surface area contributed by atoms with Crippen LogP contribution in [0.5, 0.6) is 0 Å². The Kier molecular flexibility index (Phi) is 5.29. The predicted molar refractivity (Wildman–Crippen MR) is 121 cm³/mol. The highest BCUT2D eigenvalue weighted by Gasteiger charge is 2.54. The number of carbonyl (C=O) groups is 2. The topological polar surface area (TPSA) is 86.8 Å². The number of benzene rings is 2. The lowest BCUT2D eigenvalue weighted by molar-refractivity contribution is -0.116. The van der Waals surface area contributed by atoms with Gasteiger partial charge >= 0.3 is 6.03 Å². The van der Waals surface area contributed by atoms with Crippen molar-refractivity contribution in [3.63, 3.8) is 0 Å². The molecule has 2 saturated heterocycles. The normalized spacial score (nSPS) is 22.0. The maximum Gasteiger partial charge on any atom is 0.325 e. The van der Waals surface area contributed by atoms with Gasteiger partial charge in [0.2, 0.25) is 5.91 Å². The zero-order chi connectivity index (χ0) is 22.5. The second kappa shape index (κ2) is 7.67. The van der Waals surface area contributed by atoms with Crippen LogP contribution >= 0.6 is 0 Å². The zero-order valence-electron chi connectivity index (χ0n) is 18.2. The van der Waals surface area contributed by atoms with Crippen molar-refractivity contribution in [1.82, 2.24) is 4.90 Å². The molecule has 2 aliphatic heterocycles. The monoisotopic (exact) mass is 441 g/mol. The summed E-state index contributed by atoms with van der Waals surface area (Å²) in [5.74, 6) is -0.560. The maximum atomic E-state index is 13.3. The Hall–Kier alpha value is -2.87. The first kappa shape index (κ1) is 21.4. The molecule has 0 unspecified atom stereocenters. The molecule has 0 aromatic heterocycles. The SMILES string of the molecule is Cc1cc(C)cc(N2C(=O)N(CC(=O)Nc3ccc(C)c(C)c3)[C@@H]3CS(=O)(=O)C[C@H]32)c1. The van der Waals surface area contributed by atoms with Gasteiger partial charge in [0.25, 0.3) is 0 Å². The molecule has 31 heavy (non-hydrogen) atoms. The third-order valence-corrected chi connectivity index (χ3v) is 7.77. The number of sulfone groups is 1. The number of anilines is 2. The summed E-state index contributed by atoms with van der Waals surface area (Å²) in [6, 6.07) is 10.0. The molecule has 0 aliphatic carbocycles. The second-order valence-corrected chi connectivity index (χ2v) is 10.8. The van der Waals surface area contributed by atoms with Crippen LogP contribution in [0.25, 0.3) is 0 Å². The van der Waals surface area contributed by atoms with Crippen LogP contribution in [0.15, 0.2) is 36.4 Å². The van der Waals surface area contributed by atoms with E-state index < -0.39 is 21.9 Å². The fraction of sp³-hybridized carbons (Fsp3) is 0.391. The summed E-state index contributed by atoms with van der Waals surface area (Å²) >= 11 is 0. The van der Waals surface area contributed by atoms with Crippen LogP contribution in [0.1, 0.15) is 22.3 Å². The number of carbonyl (C=O) groups excluding carboxylic acids is 2. The Balaban J connectivity index is 1.60. The van der Waals surface area contributed by atoms with Crippen LogP contribution in [0.4, 0.5) is 16.2 Å². The second-order valence-electron chi connectivity index (χ2n) is 8.69. The van der Waals surface area contributed by atoms with E-state index in [1.54, 1.807) is 4.90 Å². The number of nitrogens with zero attached hydrogens (tertiary/aromatic N) is 2. The van der Waals surface area contributed by atoms with Crippen molar-refractivity contribution in [3.05, 3.63) is 58.7 Å². The van der Waals surface area contributed by atoms with Gasteiger partial charge in [-0.2, -0.15) is 0 Å². The number of urea groups is 1. The van der Waals surface area contributed by atoms with Crippen LogP contribution in [0.2, 0.25) is 0 Å². The summed E-state index contributed by atoms with van der Waals surface area (Å²) in [5, 5.41) is 2.83. The lowest BCUT2D eigenvalue weighted by Gasteiger charge is -2.23. The summed E-state index contributed by atoms with van der Waals surface area (Å²) in [7, 11) is -3.30. The molecule has 2 aliphatic rings. The van der Waals surface area contributed by atoms with Crippen molar-refractivity contribution < 1.29 is 18.0 Å². The van der Waals surface area contributed by atoms with Gasteiger partial charge in [0.15, 0.2) is 9.84 Å². The van der Waals surface area contributed by atoms with E-state index in [2.05, 4.69) is 5.32 Å². The van der Waals surface area contributed by atoms with Crippen molar-refractivity contribution >= 4 is 33.2 Å². The van der Waals surface area contributed by atoms with Crippen LogP contribution < -0.4 is 10.2 Å². The van der Waals surface area contributed by atoms with Crippen molar-refractivity contribution in [1.29, 1.82) is 0 Å². The van der Waals surface area contributed by atoms with Gasteiger partial charge < -0.3 is 10.2 Å². The van der Waals surface area contributed by atoms with E-state index in [-0.39, 0.29) is 30.0 Å². The van der Waals surface area contributed by atoms with E-state index >= 15 is 0 Å². The maximum absolute atomic E-state index is 13.3. The van der Waals surface area contributed by atoms with E-state index in [0.29, 0.717) is 11.4 Å². The van der Waals surface area contributed by atoms with Gasteiger partial charge in [0.1, 0.15) is 6.54 Å². The summed E-state index contributed by atoms with van der Waals surface area (Å²) in [6.45, 7) is 7.64. The Morgan fingerprint density at radius 1 is 0.968 bits per heavy atom. The molecule has 7 nitrogen and oxygen atoms in total. The van der Waals surface area contributed by atoms with E-state index in [4.69, 9.17) is 0 Å². The first-order valence-corrected chi connectivity index (χ1v) is 12.1. The number of aryl methyl sites for hydroxylation is 4. The molecular weight excluding hydrogens is 414 g/mol. The molecule has 0 radical (unpaired) electrons. The van der Waals surface area contributed by atoms with Gasteiger partial charge in [0, 0.05) is 11.4 Å². The fourth-order valence-electron chi connectivity index (χ4n) is 4.53. The minimum Gasteiger partial charge on any atom is -0.325 e. The largest absolute Gasteiger partial charge is 0.325 e. The average Bonchev–Trinajstić information content (AvgIpc) is 3.08. The molecular formula is C23H27N3O4S. The highest BCUT2D eigenvalue weighted by Crippen LogP contribution is 2.35. The van der Waals surface area contributed by atoms with E-state index in [9.17, 15) is 18.0 Å². The molecule has 1 N–H and O–H groups in total. The summed E-state index contributed by atoms with van der Waals surface area (Å²) < 4.78 is 24.8. The van der Waals surface area contributed by atoms with Gasteiger partial charge in [-0.15, -0.1) is 0 Å². The molecule has 0 saturated carbocycles. The van der Waals surface area contributed by atoms with Gasteiger partial charge in [-0.05, 0) is 74.2 Å². The lowest BCUT2D eigenvalue weighted by Crippen LogP contribution is -2.42. The van der Waals surface area contributed by atoms with Crippen molar-refractivity contribution in [2.45, 2.75) is 39.8 Å². The molecule has 2 aromatic rings. The lowest BCUT2D eigenvalue weighted by atomic mass is 10.1. The average molecular weight is 442 g/mol. The van der Waals surface area contributed by atoms with Crippen molar-refractivity contribution in [2.75, 3.05) is 28.3 Å². The quantitative estimate of drug-likeness (QED) is 0.739. The van der Waals surface area contributed by atoms with Crippen LogP contribution in [-0.2, 0) is 14.6 Å². The van der Waals surface area contributed by atoms with E-state index in [0.717, 1.165) is 22.3 Å². The predicted octanol–water partition coefficient (Wildman–Crippen LogP) is 2.97. The third kappa shape index (κ3) is 4.17. The summed E-state index contributed by atoms with van der Waals surface area (Å²) in [6.07, 6.45) is 0. The van der Waals surface area contributed by atoms with E-state index in [1.165, 1.54) is 4.90 Å². The fourth-order valence-corrected chi connectivity index (χ4v) is 6.48. The molecule has 164 valence electrons. The van der Waals surface area contributed by atoms with Crippen molar-refractivity contribution in [3.8, 4) is 0 Å². The molecule has 4 rings (SSSR count). The molecule has 0 bridgehead atoms. The highest BCUT2D eigenvalue weighted by molar-refractivity contribution is 7.91. The number of rotatable bonds is 4. The Bertz CT molecular complexity index is 1160. The van der Waals surface area contributed by atoms with Crippen LogP contribution in [-0.4, -0.2) is 55.4 Å². The van der Waals surface area contributed by atoms with E-state index in [1.807, 2.05) is 64.1 Å². The number of hydrogen-bond acceptors (Lipinski definition) is 4. The highest BCUT2D eigenvalue weighted by atomic mass is 32.2. The molecule has 2 heterocycles. The molecule has 2 aromatic carbocycles. The first-order chi connectivity index (χ1) is 14.5. The number of hydrogen-bond donors (Lipinski definition) is 1. The number of nitrogens with one attached hydrogen (secondary N) is 1. The number of amides is 3. The molecule has 3 amide bonds. The molecule has 8 heteroatoms. The Morgan fingerprint density at radius 3 is 2.26 bits per heavy atom. The minimum absolute atomic E-state index is 0.0916. The Morgan fingerprint density at radius 2 is 1.61 bits per heavy atom. The van der Waals surface area contributed by atoms with Crippen molar-refractivity contribution in [2.24, 2.45) is 0 Å². The third-order valence-electron chi connectivity index (χ3n) is 6.07. The summed E-state index contributed by atoms with van der Waals surface area (Å²) in [4.78, 5) is 29.0. The zero-order valence-corrected chi connectivity index (χ0v) is 19.0. The molecule has 0 spiro atoms. The van der Waals surface area contributed by atoms with Crippen LogP contribution in [0, 0.1) is 27.7 Å². The first-order valence-electron chi connectivity index (χ1n) is 10.3. The van der Waals surface area contributed by atoms with Crippen LogP contribution in [0.3, 0.4) is 0 Å². The minimum atomic E-state index is -3.30. The molecule has 2 fully saturated rings.